The quantitative estimate of drug-likeness (QED) is 0.721. The topological polar surface area (TPSA) is 110 Å². The zero-order chi connectivity index (χ0) is 18.3. The van der Waals surface area contributed by atoms with E-state index in [2.05, 4.69) is 25.3 Å². The van der Waals surface area contributed by atoms with Gasteiger partial charge in [-0.05, 0) is 25.5 Å². The molecule has 3 aromatic rings. The Morgan fingerprint density at radius 1 is 1.38 bits per heavy atom. The van der Waals surface area contributed by atoms with E-state index in [1.807, 2.05) is 26.0 Å². The first-order chi connectivity index (χ1) is 12.5. The van der Waals surface area contributed by atoms with E-state index in [-0.39, 0.29) is 18.0 Å². The molecule has 1 unspecified atom stereocenters. The molecule has 3 aromatic heterocycles. The summed E-state index contributed by atoms with van der Waals surface area (Å²) in [4.78, 5) is 32.1. The minimum absolute atomic E-state index is 0.0441. The Bertz CT molecular complexity index is 952. The van der Waals surface area contributed by atoms with Crippen LogP contribution in [0.1, 0.15) is 34.0 Å². The molecule has 9 heteroatoms. The first-order valence-electron chi connectivity index (χ1n) is 8.38. The Balaban J connectivity index is 1.68. The van der Waals surface area contributed by atoms with Crippen molar-refractivity contribution in [1.29, 1.82) is 0 Å². The molecule has 0 spiro atoms. The van der Waals surface area contributed by atoms with Gasteiger partial charge in [-0.2, -0.15) is 4.98 Å². The monoisotopic (exact) mass is 369 g/mol. The third-order valence-corrected chi connectivity index (χ3v) is 5.26. The highest BCUT2D eigenvalue weighted by atomic mass is 32.1. The number of pyridine rings is 1. The zero-order valence-electron chi connectivity index (χ0n) is 14.5. The maximum absolute atomic E-state index is 12.8. The molecule has 134 valence electrons. The average molecular weight is 369 g/mol. The zero-order valence-corrected chi connectivity index (χ0v) is 15.3. The van der Waals surface area contributed by atoms with Gasteiger partial charge in [-0.1, -0.05) is 6.07 Å². The molecule has 1 amide bonds. The molecule has 1 atom stereocenters. The molecule has 1 aliphatic rings. The number of nitrogens with two attached hydrogens (primary N) is 1. The van der Waals surface area contributed by atoms with Crippen molar-refractivity contribution in [3.63, 3.8) is 0 Å². The van der Waals surface area contributed by atoms with Crippen LogP contribution in [-0.4, -0.2) is 49.9 Å². The molecule has 4 heterocycles. The first kappa shape index (κ1) is 16.8. The minimum Gasteiger partial charge on any atom is -0.348 e. The second kappa shape index (κ2) is 6.58. The average Bonchev–Trinajstić information content (AvgIpc) is 2.98. The SMILES string of the molecule is Cc1nc2nc(NC(C)c3cccnc3)nc(C(=O)N3CC(N)C3)c2s1. The molecule has 4 rings (SSSR count). The van der Waals surface area contributed by atoms with Gasteiger partial charge in [-0.25, -0.2) is 9.97 Å². The Labute approximate surface area is 154 Å². The number of amides is 1. The van der Waals surface area contributed by atoms with Crippen LogP contribution >= 0.6 is 11.3 Å². The summed E-state index contributed by atoms with van der Waals surface area (Å²) in [6.45, 7) is 4.99. The molecule has 1 fully saturated rings. The Morgan fingerprint density at radius 2 is 2.19 bits per heavy atom. The van der Waals surface area contributed by atoms with Gasteiger partial charge in [0.05, 0.1) is 11.0 Å². The van der Waals surface area contributed by atoms with Crippen LogP contribution in [0.2, 0.25) is 0 Å². The van der Waals surface area contributed by atoms with E-state index in [0.29, 0.717) is 35.1 Å². The van der Waals surface area contributed by atoms with Crippen molar-refractivity contribution in [2.24, 2.45) is 5.73 Å². The second-order valence-electron chi connectivity index (χ2n) is 6.40. The number of nitrogens with zero attached hydrogens (tertiary/aromatic N) is 5. The van der Waals surface area contributed by atoms with Crippen LogP contribution in [0, 0.1) is 6.92 Å². The van der Waals surface area contributed by atoms with Crippen LogP contribution in [0.5, 0.6) is 0 Å². The summed E-state index contributed by atoms with van der Waals surface area (Å²) in [5.74, 6) is 0.257. The number of fused-ring (bicyclic) bond motifs is 1. The molecule has 0 bridgehead atoms. The van der Waals surface area contributed by atoms with Crippen molar-refractivity contribution >= 4 is 33.5 Å². The third kappa shape index (κ3) is 3.11. The van der Waals surface area contributed by atoms with E-state index < -0.39 is 0 Å². The van der Waals surface area contributed by atoms with Gasteiger partial charge >= 0.3 is 0 Å². The molecular formula is C17H19N7OS. The molecule has 0 aromatic carbocycles. The highest BCUT2D eigenvalue weighted by molar-refractivity contribution is 7.18. The maximum atomic E-state index is 12.8. The molecule has 0 saturated carbocycles. The van der Waals surface area contributed by atoms with Gasteiger partial charge in [-0.15, -0.1) is 11.3 Å². The Hall–Kier alpha value is -2.65. The van der Waals surface area contributed by atoms with Gasteiger partial charge in [0.25, 0.3) is 5.91 Å². The predicted octanol–water partition coefficient (Wildman–Crippen LogP) is 1.75. The fraction of sp³-hybridized carbons (Fsp3) is 0.353. The van der Waals surface area contributed by atoms with Gasteiger partial charge in [0.1, 0.15) is 4.70 Å². The molecule has 1 aliphatic heterocycles. The Morgan fingerprint density at radius 3 is 2.88 bits per heavy atom. The summed E-state index contributed by atoms with van der Waals surface area (Å²) in [5, 5.41) is 4.09. The van der Waals surface area contributed by atoms with Gasteiger partial charge in [0.15, 0.2) is 11.3 Å². The van der Waals surface area contributed by atoms with E-state index in [9.17, 15) is 4.79 Å². The lowest BCUT2D eigenvalue weighted by Gasteiger charge is -2.36. The number of anilines is 1. The molecule has 1 saturated heterocycles. The summed E-state index contributed by atoms with van der Waals surface area (Å²) < 4.78 is 0.715. The smallest absolute Gasteiger partial charge is 0.274 e. The predicted molar refractivity (Wildman–Crippen MR) is 100 cm³/mol. The van der Waals surface area contributed by atoms with Crippen LogP contribution in [0.15, 0.2) is 24.5 Å². The standard InChI is InChI=1S/C17H19N7OS/c1-9(11-4-3-5-19-6-11)20-17-22-13(16(25)24-7-12(18)8-24)14-15(23-17)21-10(2)26-14/h3-6,9,12H,7-8,18H2,1-2H3,(H,20,22,23). The number of hydrogen-bond acceptors (Lipinski definition) is 8. The molecule has 0 aliphatic carbocycles. The second-order valence-corrected chi connectivity index (χ2v) is 7.61. The molecule has 0 radical (unpaired) electrons. The largest absolute Gasteiger partial charge is 0.348 e. The summed E-state index contributed by atoms with van der Waals surface area (Å²) in [7, 11) is 0. The van der Waals surface area contributed by atoms with E-state index >= 15 is 0 Å². The van der Waals surface area contributed by atoms with Crippen molar-refractivity contribution in [3.8, 4) is 0 Å². The lowest BCUT2D eigenvalue weighted by molar-refractivity contribution is 0.0604. The van der Waals surface area contributed by atoms with Crippen LogP contribution < -0.4 is 11.1 Å². The van der Waals surface area contributed by atoms with E-state index in [4.69, 9.17) is 5.73 Å². The molecule has 26 heavy (non-hydrogen) atoms. The van der Waals surface area contributed by atoms with Crippen molar-refractivity contribution < 1.29 is 4.79 Å². The normalized spacial score (nSPS) is 15.7. The first-order valence-corrected chi connectivity index (χ1v) is 9.19. The maximum Gasteiger partial charge on any atom is 0.274 e. The molecule has 8 nitrogen and oxygen atoms in total. The molecular weight excluding hydrogens is 350 g/mol. The summed E-state index contributed by atoms with van der Waals surface area (Å²) in [6.07, 6.45) is 3.52. The fourth-order valence-electron chi connectivity index (χ4n) is 2.87. The number of rotatable bonds is 4. The summed E-state index contributed by atoms with van der Waals surface area (Å²) >= 11 is 1.43. The number of nitrogens with one attached hydrogen (secondary N) is 1. The van der Waals surface area contributed by atoms with Gasteiger partial charge in [-0.3, -0.25) is 9.78 Å². The fourth-order valence-corrected chi connectivity index (χ4v) is 3.71. The van der Waals surface area contributed by atoms with Gasteiger partial charge in [0.2, 0.25) is 5.95 Å². The third-order valence-electron chi connectivity index (χ3n) is 4.29. The van der Waals surface area contributed by atoms with Gasteiger partial charge in [0, 0.05) is 31.5 Å². The van der Waals surface area contributed by atoms with Crippen LogP contribution in [0.25, 0.3) is 10.3 Å². The highest BCUT2D eigenvalue weighted by Gasteiger charge is 2.31. The number of carbonyl (C=O) groups is 1. The van der Waals surface area contributed by atoms with E-state index in [1.54, 1.807) is 17.3 Å². The number of thiazole rings is 1. The lowest BCUT2D eigenvalue weighted by Crippen LogP contribution is -2.58. The molecule has 3 N–H and O–H groups in total. The van der Waals surface area contributed by atoms with Crippen LogP contribution in [-0.2, 0) is 0 Å². The van der Waals surface area contributed by atoms with E-state index in [1.165, 1.54) is 11.3 Å². The van der Waals surface area contributed by atoms with Gasteiger partial charge < -0.3 is 16.0 Å². The van der Waals surface area contributed by atoms with Crippen LogP contribution in [0.4, 0.5) is 5.95 Å². The number of aryl methyl sites for hydroxylation is 1. The van der Waals surface area contributed by atoms with Crippen LogP contribution in [0.3, 0.4) is 0 Å². The number of likely N-dealkylation sites (tertiary alicyclic amines) is 1. The van der Waals surface area contributed by atoms with Crippen molar-refractivity contribution in [2.45, 2.75) is 25.9 Å². The van der Waals surface area contributed by atoms with Crippen molar-refractivity contribution in [2.75, 3.05) is 18.4 Å². The highest BCUT2D eigenvalue weighted by Crippen LogP contribution is 2.27. The lowest BCUT2D eigenvalue weighted by atomic mass is 10.1. The Kier molecular flexibility index (Phi) is 4.25. The van der Waals surface area contributed by atoms with Crippen molar-refractivity contribution in [3.05, 3.63) is 40.8 Å². The minimum atomic E-state index is -0.125. The van der Waals surface area contributed by atoms with Crippen molar-refractivity contribution in [1.82, 2.24) is 24.8 Å². The number of aromatic nitrogens is 4. The number of carbonyl (C=O) groups excluding carboxylic acids is 1. The number of hydrogen-bond donors (Lipinski definition) is 2. The summed E-state index contributed by atoms with van der Waals surface area (Å²) in [6, 6.07) is 3.84. The van der Waals surface area contributed by atoms with E-state index in [0.717, 1.165) is 10.6 Å². The summed E-state index contributed by atoms with van der Waals surface area (Å²) in [5.41, 5.74) is 7.74.